The Bertz CT molecular complexity index is 604. The molecule has 0 heterocycles. The lowest BCUT2D eigenvalue weighted by atomic mass is 10.1. The second-order valence-electron chi connectivity index (χ2n) is 3.99. The highest BCUT2D eigenvalue weighted by molar-refractivity contribution is 5.96. The van der Waals surface area contributed by atoms with Crippen molar-refractivity contribution in [3.8, 4) is 11.5 Å². The molecule has 2 aromatic carbocycles. The third-order valence-corrected chi connectivity index (χ3v) is 2.85. The minimum absolute atomic E-state index is 0.320. The highest BCUT2D eigenvalue weighted by Crippen LogP contribution is 2.32. The lowest BCUT2D eigenvalue weighted by molar-refractivity contribution is 0.0526. The van der Waals surface area contributed by atoms with Crippen LogP contribution in [0.5, 0.6) is 11.5 Å². The fraction of sp³-hybridized carbons (Fsp3) is 0.267. The van der Waals surface area contributed by atoms with Crippen molar-refractivity contribution in [2.75, 3.05) is 20.8 Å². The molecule has 0 saturated carbocycles. The van der Waals surface area contributed by atoms with E-state index < -0.39 is 0 Å². The average molecular weight is 260 g/mol. The molecule has 0 bridgehead atoms. The standard InChI is InChI=1S/C15H16O4/c1-4-19-15(16)11-6-5-10-8-13(17-2)14(18-3)9-12(10)7-11/h5-9H,4H2,1-3H3. The highest BCUT2D eigenvalue weighted by atomic mass is 16.5. The molecule has 0 unspecified atom stereocenters. The Morgan fingerprint density at radius 1 is 1.00 bits per heavy atom. The maximum absolute atomic E-state index is 11.7. The first-order chi connectivity index (χ1) is 9.19. The van der Waals surface area contributed by atoms with Crippen LogP contribution in [0.15, 0.2) is 30.3 Å². The molecule has 2 rings (SSSR count). The third kappa shape index (κ3) is 2.62. The molecule has 0 aliphatic carbocycles. The van der Waals surface area contributed by atoms with Crippen molar-refractivity contribution in [1.82, 2.24) is 0 Å². The third-order valence-electron chi connectivity index (χ3n) is 2.85. The van der Waals surface area contributed by atoms with Crippen LogP contribution in [0.2, 0.25) is 0 Å². The molecule has 0 atom stereocenters. The van der Waals surface area contributed by atoms with E-state index in [2.05, 4.69) is 0 Å². The molecule has 0 saturated heterocycles. The molecule has 2 aromatic rings. The van der Waals surface area contributed by atoms with Gasteiger partial charge in [0.1, 0.15) is 0 Å². The smallest absolute Gasteiger partial charge is 0.338 e. The molecule has 19 heavy (non-hydrogen) atoms. The van der Waals surface area contributed by atoms with Crippen molar-refractivity contribution in [2.45, 2.75) is 6.92 Å². The summed E-state index contributed by atoms with van der Waals surface area (Å²) in [6.07, 6.45) is 0. The molecule has 4 heteroatoms. The number of benzene rings is 2. The Morgan fingerprint density at radius 3 is 2.21 bits per heavy atom. The van der Waals surface area contributed by atoms with E-state index in [1.165, 1.54) is 0 Å². The number of carbonyl (C=O) groups is 1. The number of fused-ring (bicyclic) bond motifs is 1. The van der Waals surface area contributed by atoms with Crippen LogP contribution in [0.25, 0.3) is 10.8 Å². The summed E-state index contributed by atoms with van der Waals surface area (Å²) in [4.78, 5) is 11.7. The van der Waals surface area contributed by atoms with Gasteiger partial charge in [0.15, 0.2) is 11.5 Å². The van der Waals surface area contributed by atoms with Crippen molar-refractivity contribution in [2.24, 2.45) is 0 Å². The van der Waals surface area contributed by atoms with Crippen molar-refractivity contribution in [1.29, 1.82) is 0 Å². The van der Waals surface area contributed by atoms with E-state index >= 15 is 0 Å². The van der Waals surface area contributed by atoms with Crippen molar-refractivity contribution >= 4 is 16.7 Å². The van der Waals surface area contributed by atoms with Gasteiger partial charge in [0.2, 0.25) is 0 Å². The molecule has 0 fully saturated rings. The van der Waals surface area contributed by atoms with Gasteiger partial charge in [-0.15, -0.1) is 0 Å². The van der Waals surface area contributed by atoms with Crippen LogP contribution in [0, 0.1) is 0 Å². The van der Waals surface area contributed by atoms with E-state index in [9.17, 15) is 4.79 Å². The van der Waals surface area contributed by atoms with Gasteiger partial charge in [-0.25, -0.2) is 4.79 Å². The number of hydrogen-bond donors (Lipinski definition) is 0. The zero-order chi connectivity index (χ0) is 13.8. The van der Waals surface area contributed by atoms with Gasteiger partial charge in [0.05, 0.1) is 26.4 Å². The summed E-state index contributed by atoms with van der Waals surface area (Å²) in [5.41, 5.74) is 0.529. The zero-order valence-electron chi connectivity index (χ0n) is 11.2. The fourth-order valence-corrected chi connectivity index (χ4v) is 1.92. The predicted octanol–water partition coefficient (Wildman–Crippen LogP) is 3.03. The predicted molar refractivity (Wildman–Crippen MR) is 73.0 cm³/mol. The molecule has 4 nitrogen and oxygen atoms in total. The molecule has 0 aliphatic heterocycles. The van der Waals surface area contributed by atoms with Gasteiger partial charge < -0.3 is 14.2 Å². The van der Waals surface area contributed by atoms with E-state index in [4.69, 9.17) is 14.2 Å². The average Bonchev–Trinajstić information content (AvgIpc) is 2.45. The van der Waals surface area contributed by atoms with E-state index in [1.807, 2.05) is 18.2 Å². The Balaban J connectivity index is 2.50. The largest absolute Gasteiger partial charge is 0.493 e. The van der Waals surface area contributed by atoms with E-state index in [0.717, 1.165) is 10.8 Å². The van der Waals surface area contributed by atoms with Gasteiger partial charge in [0, 0.05) is 0 Å². The van der Waals surface area contributed by atoms with Crippen LogP contribution in [0.3, 0.4) is 0 Å². The summed E-state index contributed by atoms with van der Waals surface area (Å²) in [7, 11) is 3.18. The fourth-order valence-electron chi connectivity index (χ4n) is 1.92. The number of hydrogen-bond acceptors (Lipinski definition) is 4. The summed E-state index contributed by atoms with van der Waals surface area (Å²) in [6.45, 7) is 2.15. The second kappa shape index (κ2) is 5.61. The summed E-state index contributed by atoms with van der Waals surface area (Å²) in [5.74, 6) is 0.981. The zero-order valence-corrected chi connectivity index (χ0v) is 11.2. The first-order valence-corrected chi connectivity index (χ1v) is 6.02. The normalized spacial score (nSPS) is 10.3. The first kappa shape index (κ1) is 13.2. The molecule has 0 amide bonds. The van der Waals surface area contributed by atoms with Gasteiger partial charge in [-0.1, -0.05) is 6.07 Å². The second-order valence-corrected chi connectivity index (χ2v) is 3.99. The van der Waals surface area contributed by atoms with Crippen LogP contribution in [-0.2, 0) is 4.74 Å². The Morgan fingerprint density at radius 2 is 1.63 bits per heavy atom. The first-order valence-electron chi connectivity index (χ1n) is 6.02. The van der Waals surface area contributed by atoms with Crippen LogP contribution in [0.1, 0.15) is 17.3 Å². The van der Waals surface area contributed by atoms with Crippen molar-refractivity contribution in [3.63, 3.8) is 0 Å². The van der Waals surface area contributed by atoms with Gasteiger partial charge >= 0.3 is 5.97 Å². The topological polar surface area (TPSA) is 44.8 Å². The number of ether oxygens (including phenoxy) is 3. The Kier molecular flexibility index (Phi) is 3.90. The van der Waals surface area contributed by atoms with Gasteiger partial charge in [-0.05, 0) is 42.0 Å². The van der Waals surface area contributed by atoms with Gasteiger partial charge in [-0.3, -0.25) is 0 Å². The van der Waals surface area contributed by atoms with E-state index in [1.54, 1.807) is 33.3 Å². The Labute approximate surface area is 111 Å². The van der Waals surface area contributed by atoms with Crippen molar-refractivity contribution < 1.29 is 19.0 Å². The molecule has 0 N–H and O–H groups in total. The SMILES string of the molecule is CCOC(=O)c1ccc2cc(OC)c(OC)cc2c1. The van der Waals surface area contributed by atoms with Crippen LogP contribution >= 0.6 is 0 Å². The minimum Gasteiger partial charge on any atom is -0.493 e. The number of esters is 1. The van der Waals surface area contributed by atoms with Gasteiger partial charge in [0.25, 0.3) is 0 Å². The van der Waals surface area contributed by atoms with Crippen LogP contribution in [0.4, 0.5) is 0 Å². The van der Waals surface area contributed by atoms with Crippen LogP contribution < -0.4 is 9.47 Å². The molecular formula is C15H16O4. The van der Waals surface area contributed by atoms with Crippen molar-refractivity contribution in [3.05, 3.63) is 35.9 Å². The monoisotopic (exact) mass is 260 g/mol. The number of rotatable bonds is 4. The maximum Gasteiger partial charge on any atom is 0.338 e. The summed E-state index contributed by atoms with van der Waals surface area (Å²) in [6, 6.07) is 9.12. The molecule has 0 aliphatic rings. The highest BCUT2D eigenvalue weighted by Gasteiger charge is 2.10. The summed E-state index contributed by atoms with van der Waals surface area (Å²) < 4.78 is 15.5. The number of methoxy groups -OCH3 is 2. The molecule has 100 valence electrons. The van der Waals surface area contributed by atoms with Crippen LogP contribution in [-0.4, -0.2) is 26.8 Å². The van der Waals surface area contributed by atoms with Gasteiger partial charge in [-0.2, -0.15) is 0 Å². The maximum atomic E-state index is 11.7. The molecule has 0 aromatic heterocycles. The lowest BCUT2D eigenvalue weighted by Crippen LogP contribution is -2.04. The molecular weight excluding hydrogens is 244 g/mol. The van der Waals surface area contributed by atoms with E-state index in [-0.39, 0.29) is 5.97 Å². The Hall–Kier alpha value is -2.23. The summed E-state index contributed by atoms with van der Waals surface area (Å²) in [5, 5.41) is 1.88. The molecule has 0 radical (unpaired) electrons. The molecule has 0 spiro atoms. The van der Waals surface area contributed by atoms with E-state index in [0.29, 0.717) is 23.7 Å². The lowest BCUT2D eigenvalue weighted by Gasteiger charge is -2.10. The summed E-state index contributed by atoms with van der Waals surface area (Å²) >= 11 is 0. The number of carbonyl (C=O) groups excluding carboxylic acids is 1. The quantitative estimate of drug-likeness (QED) is 0.793. The minimum atomic E-state index is -0.320.